The summed E-state index contributed by atoms with van der Waals surface area (Å²) in [4.78, 5) is 18.0. The number of halogens is 2. The van der Waals surface area contributed by atoms with Crippen LogP contribution in [-0.2, 0) is 4.74 Å². The molecule has 1 aromatic heterocycles. The SMILES string of the molecule is Clc1ccc(C=NNc2nc(N3CCCC3)nc(N3CCOCC3)n2)c(Cl)c1. The number of rotatable bonds is 5. The van der Waals surface area contributed by atoms with E-state index in [1.54, 1.807) is 24.4 Å². The van der Waals surface area contributed by atoms with E-state index in [4.69, 9.17) is 27.9 Å². The van der Waals surface area contributed by atoms with Crippen LogP contribution >= 0.6 is 23.2 Å². The van der Waals surface area contributed by atoms with Gasteiger partial charge in [-0.25, -0.2) is 5.43 Å². The third-order valence-corrected chi connectivity index (χ3v) is 5.19. The molecule has 0 spiro atoms. The van der Waals surface area contributed by atoms with Gasteiger partial charge in [-0.05, 0) is 25.0 Å². The molecule has 2 saturated heterocycles. The van der Waals surface area contributed by atoms with Crippen molar-refractivity contribution in [1.82, 2.24) is 15.0 Å². The Morgan fingerprint density at radius 2 is 1.64 bits per heavy atom. The molecule has 8 nitrogen and oxygen atoms in total. The largest absolute Gasteiger partial charge is 0.378 e. The maximum atomic E-state index is 6.18. The molecule has 28 heavy (non-hydrogen) atoms. The van der Waals surface area contributed by atoms with Crippen LogP contribution < -0.4 is 15.2 Å². The molecule has 2 fully saturated rings. The highest BCUT2D eigenvalue weighted by molar-refractivity contribution is 6.36. The second-order valence-electron chi connectivity index (χ2n) is 6.59. The van der Waals surface area contributed by atoms with Gasteiger partial charge in [-0.1, -0.05) is 29.3 Å². The van der Waals surface area contributed by atoms with Crippen LogP contribution in [0.3, 0.4) is 0 Å². The fourth-order valence-corrected chi connectivity index (χ4v) is 3.59. The van der Waals surface area contributed by atoms with Gasteiger partial charge in [0, 0.05) is 36.8 Å². The van der Waals surface area contributed by atoms with Crippen LogP contribution in [0.4, 0.5) is 17.8 Å². The van der Waals surface area contributed by atoms with Gasteiger partial charge < -0.3 is 14.5 Å². The van der Waals surface area contributed by atoms with Crippen molar-refractivity contribution < 1.29 is 4.74 Å². The number of ether oxygens (including phenoxy) is 1. The minimum atomic E-state index is 0.403. The molecule has 2 aliphatic heterocycles. The van der Waals surface area contributed by atoms with Crippen molar-refractivity contribution >= 4 is 47.3 Å². The molecule has 0 radical (unpaired) electrons. The molecule has 0 saturated carbocycles. The number of morpholine rings is 1. The van der Waals surface area contributed by atoms with Gasteiger partial charge in [-0.3, -0.25) is 0 Å². The first-order valence-electron chi connectivity index (χ1n) is 9.27. The Labute approximate surface area is 173 Å². The van der Waals surface area contributed by atoms with Crippen LogP contribution in [0.1, 0.15) is 18.4 Å². The van der Waals surface area contributed by atoms with Crippen LogP contribution in [0, 0.1) is 0 Å². The van der Waals surface area contributed by atoms with Gasteiger partial charge in [-0.2, -0.15) is 20.1 Å². The van der Waals surface area contributed by atoms with E-state index in [-0.39, 0.29) is 0 Å². The molecule has 0 amide bonds. The summed E-state index contributed by atoms with van der Waals surface area (Å²) in [6, 6.07) is 5.24. The number of hydrogen-bond acceptors (Lipinski definition) is 8. The minimum Gasteiger partial charge on any atom is -0.378 e. The normalized spacial score (nSPS) is 17.5. The van der Waals surface area contributed by atoms with Crippen molar-refractivity contribution in [2.24, 2.45) is 5.10 Å². The second-order valence-corrected chi connectivity index (χ2v) is 7.43. The summed E-state index contributed by atoms with van der Waals surface area (Å²) in [6.07, 6.45) is 3.91. The summed E-state index contributed by atoms with van der Waals surface area (Å²) in [5.74, 6) is 1.72. The van der Waals surface area contributed by atoms with E-state index in [9.17, 15) is 0 Å². The smallest absolute Gasteiger partial charge is 0.250 e. The topological polar surface area (TPSA) is 78.8 Å². The number of anilines is 3. The number of benzene rings is 1. The quantitative estimate of drug-likeness (QED) is 0.586. The van der Waals surface area contributed by atoms with Gasteiger partial charge in [0.25, 0.3) is 0 Å². The van der Waals surface area contributed by atoms with Crippen molar-refractivity contribution in [3.63, 3.8) is 0 Å². The highest BCUT2D eigenvalue weighted by Gasteiger charge is 2.21. The molecular weight excluding hydrogens is 401 g/mol. The zero-order valence-corrected chi connectivity index (χ0v) is 16.8. The fourth-order valence-electron chi connectivity index (χ4n) is 3.13. The Hall–Kier alpha value is -2.16. The van der Waals surface area contributed by atoms with E-state index >= 15 is 0 Å². The molecule has 148 valence electrons. The van der Waals surface area contributed by atoms with Crippen molar-refractivity contribution in [1.29, 1.82) is 0 Å². The molecule has 1 aromatic carbocycles. The average molecular weight is 422 g/mol. The molecular formula is C18H21Cl2N7O. The number of nitrogens with zero attached hydrogens (tertiary/aromatic N) is 6. The van der Waals surface area contributed by atoms with Gasteiger partial charge >= 0.3 is 0 Å². The second kappa shape index (κ2) is 8.89. The highest BCUT2D eigenvalue weighted by atomic mass is 35.5. The van der Waals surface area contributed by atoms with Crippen LogP contribution in [0.25, 0.3) is 0 Å². The molecule has 4 rings (SSSR count). The standard InChI is InChI=1S/C18H21Cl2N7O/c19-14-4-3-13(15(20)11-14)12-21-25-16-22-17(26-5-1-2-6-26)24-18(23-16)27-7-9-28-10-8-27/h3-4,11-12H,1-2,5-10H2,(H,22,23,24,25). The predicted octanol–water partition coefficient (Wildman–Crippen LogP) is 3.06. The van der Waals surface area contributed by atoms with Crippen LogP contribution in [-0.4, -0.2) is 60.6 Å². The lowest BCUT2D eigenvalue weighted by Gasteiger charge is -2.27. The van der Waals surface area contributed by atoms with E-state index < -0.39 is 0 Å². The number of nitrogens with one attached hydrogen (secondary N) is 1. The third kappa shape index (κ3) is 4.63. The Kier molecular flexibility index (Phi) is 6.09. The average Bonchev–Trinajstić information content (AvgIpc) is 3.25. The summed E-state index contributed by atoms with van der Waals surface area (Å²) in [7, 11) is 0. The molecule has 0 unspecified atom stereocenters. The minimum absolute atomic E-state index is 0.403. The van der Waals surface area contributed by atoms with E-state index in [0.29, 0.717) is 41.1 Å². The molecule has 0 atom stereocenters. The third-order valence-electron chi connectivity index (χ3n) is 4.63. The summed E-state index contributed by atoms with van der Waals surface area (Å²) in [5, 5.41) is 5.35. The van der Waals surface area contributed by atoms with Crippen LogP contribution in [0.15, 0.2) is 23.3 Å². The lowest BCUT2D eigenvalue weighted by molar-refractivity contribution is 0.122. The number of aromatic nitrogens is 3. The van der Waals surface area contributed by atoms with Crippen LogP contribution in [0.5, 0.6) is 0 Å². The maximum Gasteiger partial charge on any atom is 0.250 e. The summed E-state index contributed by atoms with van der Waals surface area (Å²) in [6.45, 7) is 4.76. The number of hydrazone groups is 1. The van der Waals surface area contributed by atoms with E-state index in [2.05, 4.69) is 35.3 Å². The predicted molar refractivity (Wildman–Crippen MR) is 112 cm³/mol. The monoisotopic (exact) mass is 421 g/mol. The van der Waals surface area contributed by atoms with Crippen LogP contribution in [0.2, 0.25) is 10.0 Å². The Balaban J connectivity index is 1.55. The van der Waals surface area contributed by atoms with E-state index in [0.717, 1.165) is 44.6 Å². The van der Waals surface area contributed by atoms with Gasteiger partial charge in [0.1, 0.15) is 0 Å². The molecule has 3 heterocycles. The van der Waals surface area contributed by atoms with Gasteiger partial charge in [0.15, 0.2) is 0 Å². The molecule has 1 N–H and O–H groups in total. The molecule has 2 aromatic rings. The number of hydrogen-bond donors (Lipinski definition) is 1. The first kappa shape index (κ1) is 19.2. The molecule has 10 heteroatoms. The van der Waals surface area contributed by atoms with Crippen molar-refractivity contribution in [2.75, 3.05) is 54.6 Å². The van der Waals surface area contributed by atoms with Gasteiger partial charge in [0.05, 0.1) is 24.5 Å². The van der Waals surface area contributed by atoms with E-state index in [1.165, 1.54) is 0 Å². The van der Waals surface area contributed by atoms with Gasteiger partial charge in [0.2, 0.25) is 17.8 Å². The molecule has 2 aliphatic rings. The summed E-state index contributed by atoms with van der Waals surface area (Å²) in [5.41, 5.74) is 3.66. The van der Waals surface area contributed by atoms with E-state index in [1.807, 2.05) is 0 Å². The first-order chi connectivity index (χ1) is 13.7. The maximum absolute atomic E-state index is 6.18. The first-order valence-corrected chi connectivity index (χ1v) is 10.0. The van der Waals surface area contributed by atoms with Gasteiger partial charge in [-0.15, -0.1) is 0 Å². The Bertz CT molecular complexity index is 852. The van der Waals surface area contributed by atoms with Crippen molar-refractivity contribution in [3.05, 3.63) is 33.8 Å². The Morgan fingerprint density at radius 3 is 2.32 bits per heavy atom. The fraction of sp³-hybridized carbons (Fsp3) is 0.444. The Morgan fingerprint density at radius 1 is 0.964 bits per heavy atom. The molecule has 0 bridgehead atoms. The summed E-state index contributed by atoms with van der Waals surface area (Å²) >= 11 is 12.1. The van der Waals surface area contributed by atoms with Crippen molar-refractivity contribution in [3.8, 4) is 0 Å². The molecule has 0 aliphatic carbocycles. The van der Waals surface area contributed by atoms with Crippen molar-refractivity contribution in [2.45, 2.75) is 12.8 Å². The highest BCUT2D eigenvalue weighted by Crippen LogP contribution is 2.22. The summed E-state index contributed by atoms with van der Waals surface area (Å²) < 4.78 is 5.43. The zero-order valence-electron chi connectivity index (χ0n) is 15.3. The lowest BCUT2D eigenvalue weighted by Crippen LogP contribution is -2.38. The lowest BCUT2D eigenvalue weighted by atomic mass is 10.2. The zero-order chi connectivity index (χ0) is 19.3.